The van der Waals surface area contributed by atoms with E-state index in [1.54, 1.807) is 0 Å². The van der Waals surface area contributed by atoms with E-state index in [9.17, 15) is 5.11 Å². The first-order valence-corrected chi connectivity index (χ1v) is 10.6. The van der Waals surface area contributed by atoms with Gasteiger partial charge in [-0.25, -0.2) is 0 Å². The molecule has 1 saturated carbocycles. The molecule has 1 N–H and O–H groups in total. The molecule has 4 unspecified atom stereocenters. The highest BCUT2D eigenvalue weighted by molar-refractivity contribution is 5.34. The molecule has 5 rings (SSSR count). The first-order chi connectivity index (χ1) is 13.7. The number of rotatable bonds is 4. The van der Waals surface area contributed by atoms with Crippen LogP contribution in [0.5, 0.6) is 0 Å². The third-order valence-corrected chi connectivity index (χ3v) is 6.95. The molecule has 2 aliphatic carbocycles. The molecule has 0 spiro atoms. The van der Waals surface area contributed by atoms with Crippen molar-refractivity contribution >= 4 is 0 Å². The second-order valence-electron chi connectivity index (χ2n) is 8.67. The quantitative estimate of drug-likeness (QED) is 0.800. The molecule has 0 bridgehead atoms. The van der Waals surface area contributed by atoms with Crippen LogP contribution < -0.4 is 0 Å². The summed E-state index contributed by atoms with van der Waals surface area (Å²) in [6.07, 6.45) is 4.41. The normalized spacial score (nSPS) is 29.5. The molecule has 3 heteroatoms. The van der Waals surface area contributed by atoms with Gasteiger partial charge in [0.1, 0.15) is 5.76 Å². The minimum atomic E-state index is 0.193. The average Bonchev–Trinajstić information content (AvgIpc) is 3.27. The SMILES string of the molecule is Cc1ccc(C2C3=C(CCC4C(CO)C4CC3)ON2Cc2ccccc2)cc1. The summed E-state index contributed by atoms with van der Waals surface area (Å²) < 4.78 is 0. The van der Waals surface area contributed by atoms with Crippen LogP contribution in [0.3, 0.4) is 0 Å². The summed E-state index contributed by atoms with van der Waals surface area (Å²) in [5, 5.41) is 11.8. The highest BCUT2D eigenvalue weighted by atomic mass is 16.7. The lowest BCUT2D eigenvalue weighted by Gasteiger charge is -2.25. The van der Waals surface area contributed by atoms with Crippen molar-refractivity contribution in [3.05, 3.63) is 82.6 Å². The van der Waals surface area contributed by atoms with Crippen LogP contribution in [0.4, 0.5) is 0 Å². The molecule has 1 heterocycles. The zero-order chi connectivity index (χ0) is 19.1. The lowest BCUT2D eigenvalue weighted by atomic mass is 9.90. The molecule has 0 radical (unpaired) electrons. The number of aliphatic hydroxyl groups excluding tert-OH is 1. The molecule has 2 aromatic carbocycles. The zero-order valence-corrected chi connectivity index (χ0v) is 16.6. The van der Waals surface area contributed by atoms with Gasteiger partial charge in [-0.3, -0.25) is 0 Å². The molecule has 28 heavy (non-hydrogen) atoms. The minimum absolute atomic E-state index is 0.193. The van der Waals surface area contributed by atoms with E-state index in [2.05, 4.69) is 66.6 Å². The topological polar surface area (TPSA) is 32.7 Å². The lowest BCUT2D eigenvalue weighted by molar-refractivity contribution is -0.130. The van der Waals surface area contributed by atoms with Gasteiger partial charge in [-0.05, 0) is 60.6 Å². The van der Waals surface area contributed by atoms with Gasteiger partial charge in [0, 0.05) is 13.0 Å². The lowest BCUT2D eigenvalue weighted by Crippen LogP contribution is -2.24. The number of aliphatic hydroxyl groups is 1. The van der Waals surface area contributed by atoms with Crippen molar-refractivity contribution in [2.24, 2.45) is 17.8 Å². The van der Waals surface area contributed by atoms with E-state index in [1.807, 2.05) is 0 Å². The summed E-state index contributed by atoms with van der Waals surface area (Å²) in [5.41, 5.74) is 5.34. The van der Waals surface area contributed by atoms with Gasteiger partial charge in [-0.15, -0.1) is 5.06 Å². The predicted octanol–water partition coefficient (Wildman–Crippen LogP) is 5.17. The van der Waals surface area contributed by atoms with Crippen molar-refractivity contribution < 1.29 is 9.94 Å². The van der Waals surface area contributed by atoms with Gasteiger partial charge < -0.3 is 9.94 Å². The second kappa shape index (κ2) is 7.38. The Balaban J connectivity index is 1.44. The van der Waals surface area contributed by atoms with Gasteiger partial charge in [0.25, 0.3) is 0 Å². The number of hydroxylamine groups is 2. The van der Waals surface area contributed by atoms with Crippen molar-refractivity contribution in [1.29, 1.82) is 0 Å². The fourth-order valence-corrected chi connectivity index (χ4v) is 5.34. The van der Waals surface area contributed by atoms with Crippen LogP contribution in [0.2, 0.25) is 0 Å². The third kappa shape index (κ3) is 3.27. The molecule has 3 aliphatic rings. The molecule has 4 atom stereocenters. The smallest absolute Gasteiger partial charge is 0.125 e. The Hall–Kier alpha value is -2.10. The summed E-state index contributed by atoms with van der Waals surface area (Å²) in [7, 11) is 0. The van der Waals surface area contributed by atoms with E-state index in [4.69, 9.17) is 4.84 Å². The summed E-state index contributed by atoms with van der Waals surface area (Å²) >= 11 is 0. The highest BCUT2D eigenvalue weighted by Gasteiger charge is 2.50. The largest absolute Gasteiger partial charge is 0.409 e. The second-order valence-corrected chi connectivity index (χ2v) is 8.67. The van der Waals surface area contributed by atoms with Crippen LogP contribution in [-0.4, -0.2) is 16.8 Å². The molecular weight excluding hydrogens is 346 g/mol. The van der Waals surface area contributed by atoms with E-state index in [1.165, 1.54) is 34.4 Å². The summed E-state index contributed by atoms with van der Waals surface area (Å²) in [4.78, 5) is 6.49. The fraction of sp³-hybridized carbons (Fsp3) is 0.440. The van der Waals surface area contributed by atoms with E-state index >= 15 is 0 Å². The zero-order valence-electron chi connectivity index (χ0n) is 16.6. The van der Waals surface area contributed by atoms with Gasteiger partial charge in [0.05, 0.1) is 12.6 Å². The van der Waals surface area contributed by atoms with Crippen LogP contribution in [0.15, 0.2) is 65.9 Å². The predicted molar refractivity (Wildman–Crippen MR) is 110 cm³/mol. The van der Waals surface area contributed by atoms with E-state index in [0.717, 1.165) is 25.8 Å². The standard InChI is InChI=1S/C25H29NO2/c1-17-7-9-19(10-8-17)25-22-12-11-20-21(23(20)16-27)13-14-24(22)28-26(25)15-18-5-3-2-4-6-18/h2-10,20-21,23,25,27H,11-16H2,1H3. The molecule has 3 nitrogen and oxygen atoms in total. The molecule has 0 saturated heterocycles. The summed E-state index contributed by atoms with van der Waals surface area (Å²) in [5.74, 6) is 3.12. The monoisotopic (exact) mass is 375 g/mol. The number of benzene rings is 2. The van der Waals surface area contributed by atoms with Crippen LogP contribution >= 0.6 is 0 Å². The van der Waals surface area contributed by atoms with Crippen LogP contribution in [-0.2, 0) is 11.4 Å². The Bertz CT molecular complexity index is 858. The summed E-state index contributed by atoms with van der Waals surface area (Å²) in [6, 6.07) is 19.7. The Morgan fingerprint density at radius 1 is 0.964 bits per heavy atom. The van der Waals surface area contributed by atoms with E-state index in [-0.39, 0.29) is 6.04 Å². The van der Waals surface area contributed by atoms with Crippen molar-refractivity contribution in [1.82, 2.24) is 5.06 Å². The van der Waals surface area contributed by atoms with Crippen molar-refractivity contribution in [2.45, 2.75) is 45.2 Å². The molecule has 1 aliphatic heterocycles. The minimum Gasteiger partial charge on any atom is -0.409 e. The molecule has 1 fully saturated rings. The van der Waals surface area contributed by atoms with Gasteiger partial charge in [-0.1, -0.05) is 60.2 Å². The van der Waals surface area contributed by atoms with Crippen molar-refractivity contribution in [3.63, 3.8) is 0 Å². The van der Waals surface area contributed by atoms with Crippen LogP contribution in [0.25, 0.3) is 0 Å². The average molecular weight is 376 g/mol. The van der Waals surface area contributed by atoms with Crippen LogP contribution in [0.1, 0.15) is 48.4 Å². The third-order valence-electron chi connectivity index (χ3n) is 6.95. The number of allylic oxidation sites excluding steroid dienone is 1. The van der Waals surface area contributed by atoms with Crippen molar-refractivity contribution in [2.75, 3.05) is 6.61 Å². The van der Waals surface area contributed by atoms with Gasteiger partial charge >= 0.3 is 0 Å². The summed E-state index contributed by atoms with van der Waals surface area (Å²) in [6.45, 7) is 3.28. The first kappa shape index (κ1) is 18.0. The van der Waals surface area contributed by atoms with Crippen LogP contribution in [0, 0.1) is 24.7 Å². The Kier molecular flexibility index (Phi) is 4.73. The highest BCUT2D eigenvalue weighted by Crippen LogP contribution is 2.56. The Morgan fingerprint density at radius 2 is 1.68 bits per heavy atom. The Labute approximate surface area is 167 Å². The first-order valence-electron chi connectivity index (χ1n) is 10.6. The Morgan fingerprint density at radius 3 is 2.39 bits per heavy atom. The van der Waals surface area contributed by atoms with Gasteiger partial charge in [0.2, 0.25) is 0 Å². The molecular formula is C25H29NO2. The fourth-order valence-electron chi connectivity index (χ4n) is 5.34. The van der Waals surface area contributed by atoms with Gasteiger partial charge in [-0.2, -0.15) is 0 Å². The number of hydrogen-bond acceptors (Lipinski definition) is 3. The van der Waals surface area contributed by atoms with Gasteiger partial charge in [0.15, 0.2) is 0 Å². The van der Waals surface area contributed by atoms with E-state index < -0.39 is 0 Å². The maximum Gasteiger partial charge on any atom is 0.125 e. The number of nitrogens with zero attached hydrogens (tertiary/aromatic N) is 1. The number of aryl methyl sites for hydroxylation is 1. The molecule has 2 aromatic rings. The maximum absolute atomic E-state index is 9.63. The van der Waals surface area contributed by atoms with Crippen molar-refractivity contribution in [3.8, 4) is 0 Å². The molecule has 0 amide bonds. The number of hydrogen-bond donors (Lipinski definition) is 1. The number of fused-ring (bicyclic) bond motifs is 1. The maximum atomic E-state index is 9.63. The molecule has 0 aromatic heterocycles. The molecule has 146 valence electrons. The van der Waals surface area contributed by atoms with E-state index in [0.29, 0.717) is 24.4 Å².